The predicted octanol–water partition coefficient (Wildman–Crippen LogP) is 0.629. The molecule has 0 fully saturated rings. The molecule has 1 unspecified atom stereocenters. The molecule has 0 aromatic rings. The highest BCUT2D eigenvalue weighted by atomic mass is 16.6. The Morgan fingerprint density at radius 2 is 2.08 bits per heavy atom. The number of aliphatic hydroxyl groups is 1. The van der Waals surface area contributed by atoms with Gasteiger partial charge in [0.1, 0.15) is 6.61 Å². The van der Waals surface area contributed by atoms with Gasteiger partial charge in [0.15, 0.2) is 0 Å². The monoisotopic (exact) mass is 189 g/mol. The van der Waals surface area contributed by atoms with Gasteiger partial charge in [0.25, 0.3) is 0 Å². The summed E-state index contributed by atoms with van der Waals surface area (Å²) in [5.41, 5.74) is -1.80. The highest BCUT2D eigenvalue weighted by molar-refractivity contribution is 5.88. The molecule has 5 heteroatoms. The Bertz CT molecular complexity index is 208. The van der Waals surface area contributed by atoms with Gasteiger partial charge < -0.3 is 5.11 Å². The molecule has 0 rings (SSSR count). The first-order chi connectivity index (χ1) is 5.92. The Balaban J connectivity index is 4.98. The van der Waals surface area contributed by atoms with Crippen molar-refractivity contribution in [2.45, 2.75) is 32.7 Å². The quantitative estimate of drug-likeness (QED) is 0.508. The van der Waals surface area contributed by atoms with Crippen molar-refractivity contribution in [2.24, 2.45) is 5.92 Å². The summed E-state index contributed by atoms with van der Waals surface area (Å²) >= 11 is 0. The summed E-state index contributed by atoms with van der Waals surface area (Å²) in [6.07, 6.45) is 0.0213. The normalized spacial score (nSPS) is 15.5. The third-order valence-corrected chi connectivity index (χ3v) is 2.18. The molecule has 0 aromatic heterocycles. The van der Waals surface area contributed by atoms with E-state index in [0.29, 0.717) is 0 Å². The lowest BCUT2D eigenvalue weighted by molar-refractivity contribution is -0.556. The fraction of sp³-hybridized carbons (Fsp3) is 0.875. The number of ketones is 1. The lowest BCUT2D eigenvalue weighted by Gasteiger charge is -2.21. The minimum atomic E-state index is -1.80. The molecule has 5 nitrogen and oxygen atoms in total. The van der Waals surface area contributed by atoms with Crippen LogP contribution in [0.5, 0.6) is 0 Å². The first kappa shape index (κ1) is 12.0. The van der Waals surface area contributed by atoms with Crippen molar-refractivity contribution in [2.75, 3.05) is 6.61 Å². The van der Waals surface area contributed by atoms with E-state index >= 15 is 0 Å². The van der Waals surface area contributed by atoms with Crippen molar-refractivity contribution < 1.29 is 14.8 Å². The molecule has 13 heavy (non-hydrogen) atoms. The molecule has 0 spiro atoms. The lowest BCUT2D eigenvalue weighted by Crippen LogP contribution is -2.51. The van der Waals surface area contributed by atoms with Gasteiger partial charge in [-0.25, -0.2) is 0 Å². The van der Waals surface area contributed by atoms with Crippen LogP contribution in [0.15, 0.2) is 0 Å². The van der Waals surface area contributed by atoms with Crippen LogP contribution in [0.1, 0.15) is 27.2 Å². The average Bonchev–Trinajstić information content (AvgIpc) is 2.06. The summed E-state index contributed by atoms with van der Waals surface area (Å²) < 4.78 is 0. The topological polar surface area (TPSA) is 80.4 Å². The van der Waals surface area contributed by atoms with E-state index in [1.807, 2.05) is 0 Å². The highest BCUT2D eigenvalue weighted by Gasteiger charge is 2.49. The second-order valence-corrected chi connectivity index (χ2v) is 3.32. The van der Waals surface area contributed by atoms with Crippen molar-refractivity contribution in [3.8, 4) is 0 Å². The van der Waals surface area contributed by atoms with Crippen molar-refractivity contribution in [1.82, 2.24) is 0 Å². The maximum atomic E-state index is 11.5. The molecule has 0 bridgehead atoms. The van der Waals surface area contributed by atoms with Crippen LogP contribution in [0.3, 0.4) is 0 Å². The lowest BCUT2D eigenvalue weighted by atomic mass is 9.86. The first-order valence-corrected chi connectivity index (χ1v) is 4.22. The van der Waals surface area contributed by atoms with E-state index in [1.54, 1.807) is 13.8 Å². The van der Waals surface area contributed by atoms with Crippen LogP contribution in [0.25, 0.3) is 0 Å². The van der Waals surface area contributed by atoms with Gasteiger partial charge in [-0.05, 0) is 0 Å². The van der Waals surface area contributed by atoms with Crippen LogP contribution < -0.4 is 0 Å². The SMILES string of the molecule is CCC(CO)(C(=O)C(C)C)[N+](=O)[O-]. The Kier molecular flexibility index (Phi) is 4.00. The van der Waals surface area contributed by atoms with Gasteiger partial charge >= 0.3 is 5.54 Å². The van der Waals surface area contributed by atoms with Gasteiger partial charge in [0.05, 0.1) is 0 Å². The standard InChI is InChI=1S/C8H15NO4/c1-4-8(5-10,9(12)13)7(11)6(2)3/h6,10H,4-5H2,1-3H3. The van der Waals surface area contributed by atoms with Crippen LogP contribution in [-0.4, -0.2) is 28.0 Å². The van der Waals surface area contributed by atoms with Crippen molar-refractivity contribution in [3.63, 3.8) is 0 Å². The third-order valence-electron chi connectivity index (χ3n) is 2.18. The van der Waals surface area contributed by atoms with Gasteiger partial charge in [-0.1, -0.05) is 20.8 Å². The Morgan fingerprint density at radius 3 is 2.15 bits per heavy atom. The summed E-state index contributed by atoms with van der Waals surface area (Å²) in [6.45, 7) is 3.98. The molecule has 0 heterocycles. The van der Waals surface area contributed by atoms with E-state index in [2.05, 4.69) is 0 Å². The maximum absolute atomic E-state index is 11.5. The fourth-order valence-corrected chi connectivity index (χ4v) is 1.18. The average molecular weight is 189 g/mol. The van der Waals surface area contributed by atoms with E-state index < -0.39 is 28.8 Å². The summed E-state index contributed by atoms with van der Waals surface area (Å²) in [4.78, 5) is 21.4. The number of aliphatic hydroxyl groups excluding tert-OH is 1. The molecule has 1 atom stereocenters. The zero-order valence-corrected chi connectivity index (χ0v) is 8.11. The van der Waals surface area contributed by atoms with Gasteiger partial charge in [0.2, 0.25) is 5.78 Å². The van der Waals surface area contributed by atoms with Gasteiger partial charge in [-0.2, -0.15) is 0 Å². The molecule has 1 N–H and O–H groups in total. The molecule has 0 saturated carbocycles. The Hall–Kier alpha value is -0.970. The number of nitrogens with zero attached hydrogens (tertiary/aromatic N) is 1. The zero-order valence-electron chi connectivity index (χ0n) is 8.11. The molecule has 0 aliphatic rings. The van der Waals surface area contributed by atoms with Gasteiger partial charge in [0, 0.05) is 17.3 Å². The summed E-state index contributed by atoms with van der Waals surface area (Å²) in [5.74, 6) is -0.944. The molecule has 0 aliphatic heterocycles. The largest absolute Gasteiger partial charge is 0.388 e. The molecular weight excluding hydrogens is 174 g/mol. The summed E-state index contributed by atoms with van der Waals surface area (Å²) in [7, 11) is 0. The zero-order chi connectivity index (χ0) is 10.6. The van der Waals surface area contributed by atoms with Crippen molar-refractivity contribution >= 4 is 5.78 Å². The van der Waals surface area contributed by atoms with E-state index in [1.165, 1.54) is 6.92 Å². The predicted molar refractivity (Wildman–Crippen MR) is 46.9 cm³/mol. The highest BCUT2D eigenvalue weighted by Crippen LogP contribution is 2.19. The van der Waals surface area contributed by atoms with Gasteiger partial charge in [-0.15, -0.1) is 0 Å². The molecule has 0 saturated heterocycles. The molecule has 0 aliphatic carbocycles. The van der Waals surface area contributed by atoms with Crippen molar-refractivity contribution in [3.05, 3.63) is 10.1 Å². The van der Waals surface area contributed by atoms with Gasteiger partial charge in [-0.3, -0.25) is 14.9 Å². The number of hydrogen-bond acceptors (Lipinski definition) is 4. The van der Waals surface area contributed by atoms with Crippen molar-refractivity contribution in [1.29, 1.82) is 0 Å². The molecular formula is C8H15NO4. The van der Waals surface area contributed by atoms with Crippen LogP contribution >= 0.6 is 0 Å². The smallest absolute Gasteiger partial charge is 0.301 e. The second kappa shape index (κ2) is 4.32. The number of carbonyl (C=O) groups is 1. The Morgan fingerprint density at radius 1 is 1.62 bits per heavy atom. The Labute approximate surface area is 76.9 Å². The number of rotatable bonds is 5. The third kappa shape index (κ3) is 2.03. The van der Waals surface area contributed by atoms with Crippen LogP contribution in [0, 0.1) is 16.0 Å². The number of nitro groups is 1. The van der Waals surface area contributed by atoms with Crippen LogP contribution in [-0.2, 0) is 4.79 Å². The number of Topliss-reactive ketones (excluding diaryl/α,β-unsaturated/α-hetero) is 1. The maximum Gasteiger partial charge on any atom is 0.301 e. The summed E-state index contributed by atoms with van der Waals surface area (Å²) in [6, 6.07) is 0. The fourth-order valence-electron chi connectivity index (χ4n) is 1.18. The minimum Gasteiger partial charge on any atom is -0.388 e. The number of hydrogen-bond donors (Lipinski definition) is 1. The van der Waals surface area contributed by atoms with E-state index in [0.717, 1.165) is 0 Å². The molecule has 76 valence electrons. The van der Waals surface area contributed by atoms with E-state index in [4.69, 9.17) is 5.11 Å². The molecule has 0 amide bonds. The second-order valence-electron chi connectivity index (χ2n) is 3.32. The molecule has 0 radical (unpaired) electrons. The first-order valence-electron chi connectivity index (χ1n) is 4.22. The van der Waals surface area contributed by atoms with Crippen LogP contribution in [0.4, 0.5) is 0 Å². The summed E-state index contributed by atoms with van der Waals surface area (Å²) in [5, 5.41) is 19.6. The number of carbonyl (C=O) groups excluding carboxylic acids is 1. The van der Waals surface area contributed by atoms with E-state index in [-0.39, 0.29) is 6.42 Å². The molecule has 0 aromatic carbocycles. The minimum absolute atomic E-state index is 0.0213. The van der Waals surface area contributed by atoms with E-state index in [9.17, 15) is 14.9 Å². The van der Waals surface area contributed by atoms with Crippen LogP contribution in [0.2, 0.25) is 0 Å².